The number of halogens is 1. The van der Waals surface area contributed by atoms with E-state index in [1.165, 1.54) is 12.7 Å². The molecule has 0 aliphatic heterocycles. The van der Waals surface area contributed by atoms with Gasteiger partial charge in [-0.2, -0.15) is 0 Å². The van der Waals surface area contributed by atoms with Crippen LogP contribution in [-0.4, -0.2) is 29.9 Å². The Morgan fingerprint density at radius 2 is 1.88 bits per heavy atom. The number of hydrogen-bond donors (Lipinski definition) is 0. The highest BCUT2D eigenvalue weighted by atomic mass is 35.5. The fourth-order valence-electron chi connectivity index (χ4n) is 3.80. The van der Waals surface area contributed by atoms with Crippen molar-refractivity contribution in [2.75, 3.05) is 7.11 Å². The molecule has 134 valence electrons. The molecule has 2 aromatic rings. The Morgan fingerprint density at radius 3 is 2.58 bits per heavy atom. The van der Waals surface area contributed by atoms with Gasteiger partial charge in [-0.1, -0.05) is 29.8 Å². The average Bonchev–Trinajstić information content (AvgIpc) is 3.41. The lowest BCUT2D eigenvalue weighted by Crippen LogP contribution is -2.36. The summed E-state index contributed by atoms with van der Waals surface area (Å²) in [5, 5.41) is 0.477. The van der Waals surface area contributed by atoms with Gasteiger partial charge in [-0.15, -0.1) is 0 Å². The van der Waals surface area contributed by atoms with Crippen molar-refractivity contribution in [3.63, 3.8) is 0 Å². The summed E-state index contributed by atoms with van der Waals surface area (Å²) in [6, 6.07) is 13.1. The van der Waals surface area contributed by atoms with Crippen LogP contribution in [0.25, 0.3) is 0 Å². The summed E-state index contributed by atoms with van der Waals surface area (Å²) in [5.74, 6) is -0.381. The monoisotopic (exact) mass is 369 g/mol. The molecular formula is C21H20ClNO3. The Kier molecular flexibility index (Phi) is 4.45. The molecule has 0 heterocycles. The van der Waals surface area contributed by atoms with E-state index in [1.54, 1.807) is 18.2 Å². The number of amides is 1. The second-order valence-corrected chi connectivity index (χ2v) is 7.29. The molecule has 1 unspecified atom stereocenters. The highest BCUT2D eigenvalue weighted by Crippen LogP contribution is 2.43. The summed E-state index contributed by atoms with van der Waals surface area (Å²) in [4.78, 5) is 27.2. The van der Waals surface area contributed by atoms with Gasteiger partial charge < -0.3 is 9.64 Å². The van der Waals surface area contributed by atoms with Crippen LogP contribution in [0.1, 0.15) is 57.1 Å². The zero-order valence-corrected chi connectivity index (χ0v) is 15.3. The third-order valence-corrected chi connectivity index (χ3v) is 5.56. The van der Waals surface area contributed by atoms with Crippen molar-refractivity contribution < 1.29 is 14.3 Å². The van der Waals surface area contributed by atoms with Crippen LogP contribution in [-0.2, 0) is 11.2 Å². The van der Waals surface area contributed by atoms with Crippen LogP contribution in [0.15, 0.2) is 42.5 Å². The first-order valence-corrected chi connectivity index (χ1v) is 9.26. The van der Waals surface area contributed by atoms with E-state index in [0.29, 0.717) is 16.1 Å². The summed E-state index contributed by atoms with van der Waals surface area (Å²) in [6.45, 7) is 0. The Balaban J connectivity index is 1.71. The van der Waals surface area contributed by atoms with E-state index >= 15 is 0 Å². The van der Waals surface area contributed by atoms with Crippen molar-refractivity contribution in [3.8, 4) is 0 Å². The number of ether oxygens (including phenoxy) is 1. The molecule has 0 bridgehead atoms. The predicted molar refractivity (Wildman–Crippen MR) is 99.5 cm³/mol. The predicted octanol–water partition coefficient (Wildman–Crippen LogP) is 4.42. The molecule has 1 saturated carbocycles. The van der Waals surface area contributed by atoms with E-state index in [0.717, 1.165) is 31.2 Å². The molecule has 2 aliphatic rings. The van der Waals surface area contributed by atoms with E-state index in [-0.39, 0.29) is 24.0 Å². The third kappa shape index (κ3) is 2.99. The topological polar surface area (TPSA) is 46.6 Å². The normalized spacial score (nSPS) is 18.3. The van der Waals surface area contributed by atoms with Crippen molar-refractivity contribution >= 4 is 23.5 Å². The van der Waals surface area contributed by atoms with Crippen molar-refractivity contribution in [3.05, 3.63) is 69.7 Å². The minimum Gasteiger partial charge on any atom is -0.465 e. The van der Waals surface area contributed by atoms with Crippen LogP contribution < -0.4 is 0 Å². The van der Waals surface area contributed by atoms with E-state index in [2.05, 4.69) is 0 Å². The molecule has 2 aliphatic carbocycles. The van der Waals surface area contributed by atoms with Gasteiger partial charge in [-0.25, -0.2) is 4.79 Å². The van der Waals surface area contributed by atoms with Crippen molar-refractivity contribution in [2.24, 2.45) is 0 Å². The quantitative estimate of drug-likeness (QED) is 0.749. The molecule has 0 radical (unpaired) electrons. The molecule has 0 saturated heterocycles. The van der Waals surface area contributed by atoms with Crippen molar-refractivity contribution in [2.45, 2.75) is 37.8 Å². The largest absolute Gasteiger partial charge is 0.465 e. The van der Waals surface area contributed by atoms with Crippen LogP contribution in [0.3, 0.4) is 0 Å². The van der Waals surface area contributed by atoms with E-state index in [4.69, 9.17) is 16.3 Å². The van der Waals surface area contributed by atoms with Gasteiger partial charge in [0, 0.05) is 6.04 Å². The molecule has 1 fully saturated rings. The van der Waals surface area contributed by atoms with Gasteiger partial charge in [0.05, 0.1) is 29.3 Å². The van der Waals surface area contributed by atoms with Gasteiger partial charge in [-0.05, 0) is 61.1 Å². The van der Waals surface area contributed by atoms with Gasteiger partial charge in [0.15, 0.2) is 0 Å². The summed E-state index contributed by atoms with van der Waals surface area (Å²) in [7, 11) is 1.38. The first-order chi connectivity index (χ1) is 12.6. The summed E-state index contributed by atoms with van der Waals surface area (Å²) in [5.41, 5.74) is 3.32. The molecule has 0 aromatic heterocycles. The number of hydrogen-bond acceptors (Lipinski definition) is 3. The Hall–Kier alpha value is -2.33. The second kappa shape index (κ2) is 6.76. The Bertz CT molecular complexity index is 875. The molecule has 1 atom stereocenters. The molecule has 4 nitrogen and oxygen atoms in total. The van der Waals surface area contributed by atoms with Crippen LogP contribution >= 0.6 is 11.6 Å². The molecule has 26 heavy (non-hydrogen) atoms. The molecule has 2 aromatic carbocycles. The number of esters is 1. The highest BCUT2D eigenvalue weighted by molar-refractivity contribution is 6.33. The van der Waals surface area contributed by atoms with Gasteiger partial charge in [0.2, 0.25) is 0 Å². The van der Waals surface area contributed by atoms with E-state index in [1.807, 2.05) is 29.2 Å². The number of aryl methyl sites for hydroxylation is 1. The van der Waals surface area contributed by atoms with E-state index < -0.39 is 0 Å². The number of benzene rings is 2. The Morgan fingerprint density at radius 1 is 1.12 bits per heavy atom. The van der Waals surface area contributed by atoms with Crippen LogP contribution in [0.2, 0.25) is 5.02 Å². The lowest BCUT2D eigenvalue weighted by Gasteiger charge is -2.30. The minimum atomic E-state index is -0.353. The number of carbonyl (C=O) groups excluding carboxylic acids is 2. The average molecular weight is 370 g/mol. The van der Waals surface area contributed by atoms with Crippen molar-refractivity contribution in [1.29, 1.82) is 0 Å². The van der Waals surface area contributed by atoms with Crippen LogP contribution in [0.4, 0.5) is 0 Å². The smallest absolute Gasteiger partial charge is 0.337 e. The summed E-state index contributed by atoms with van der Waals surface area (Å²) < 4.78 is 4.85. The lowest BCUT2D eigenvalue weighted by atomic mass is 10.0. The molecule has 1 amide bonds. The Labute approximate surface area is 157 Å². The fourth-order valence-corrected chi connectivity index (χ4v) is 4.02. The minimum absolute atomic E-state index is 0.0223. The maximum Gasteiger partial charge on any atom is 0.337 e. The molecule has 0 N–H and O–H groups in total. The van der Waals surface area contributed by atoms with Gasteiger partial charge in [0.25, 0.3) is 5.91 Å². The van der Waals surface area contributed by atoms with Gasteiger partial charge >= 0.3 is 5.97 Å². The van der Waals surface area contributed by atoms with E-state index in [9.17, 15) is 9.59 Å². The number of methoxy groups -OCH3 is 1. The highest BCUT2D eigenvalue weighted by Gasteiger charge is 2.41. The second-order valence-electron chi connectivity index (χ2n) is 6.88. The number of rotatable bonds is 4. The van der Waals surface area contributed by atoms with Gasteiger partial charge in [-0.3, -0.25) is 4.79 Å². The molecule has 5 heteroatoms. The standard InChI is InChI=1S/C21H20ClNO3/c1-26-21(25)14-7-6-13-8-11-19(17(13)12-14)23(15-9-10-15)20(24)16-4-2-3-5-18(16)22/h2-7,12,15,19H,8-11H2,1H3. The fraction of sp³-hybridized carbons (Fsp3) is 0.333. The third-order valence-electron chi connectivity index (χ3n) is 5.23. The molecular weight excluding hydrogens is 350 g/mol. The summed E-state index contributed by atoms with van der Waals surface area (Å²) >= 11 is 6.27. The first kappa shape index (κ1) is 17.1. The van der Waals surface area contributed by atoms with Gasteiger partial charge in [0.1, 0.15) is 0 Å². The maximum atomic E-state index is 13.3. The molecule has 4 rings (SSSR count). The molecule has 0 spiro atoms. The SMILES string of the molecule is COC(=O)c1ccc2c(c1)C(N(C(=O)c1ccccc1Cl)C1CC1)CC2. The number of carbonyl (C=O) groups is 2. The first-order valence-electron chi connectivity index (χ1n) is 8.88. The zero-order chi connectivity index (χ0) is 18.3. The van der Waals surface area contributed by atoms with Crippen molar-refractivity contribution in [1.82, 2.24) is 4.90 Å². The number of nitrogens with zero attached hydrogens (tertiary/aromatic N) is 1. The van der Waals surface area contributed by atoms with Crippen LogP contribution in [0.5, 0.6) is 0 Å². The lowest BCUT2D eigenvalue weighted by molar-refractivity contribution is 0.0600. The number of fused-ring (bicyclic) bond motifs is 1. The zero-order valence-electron chi connectivity index (χ0n) is 14.6. The van der Waals surface area contributed by atoms with Crippen LogP contribution in [0, 0.1) is 0 Å². The maximum absolute atomic E-state index is 13.3. The summed E-state index contributed by atoms with van der Waals surface area (Å²) in [6.07, 6.45) is 3.80.